The third-order valence-electron chi connectivity index (χ3n) is 4.51. The summed E-state index contributed by atoms with van der Waals surface area (Å²) in [6.07, 6.45) is 5.34. The molecule has 0 spiro atoms. The maximum absolute atomic E-state index is 5.94. The lowest BCUT2D eigenvalue weighted by Gasteiger charge is -2.49. The number of hydrogen-bond donors (Lipinski definition) is 1. The van der Waals surface area contributed by atoms with E-state index in [-0.39, 0.29) is 0 Å². The Labute approximate surface area is 106 Å². The lowest BCUT2D eigenvalue weighted by Crippen LogP contribution is -2.61. The molecule has 3 heteroatoms. The van der Waals surface area contributed by atoms with Gasteiger partial charge in [0.2, 0.25) is 0 Å². The van der Waals surface area contributed by atoms with Crippen molar-refractivity contribution in [3.63, 3.8) is 0 Å². The van der Waals surface area contributed by atoms with Crippen LogP contribution in [0.3, 0.4) is 0 Å². The van der Waals surface area contributed by atoms with Crippen molar-refractivity contribution >= 4 is 0 Å². The SMILES string of the molecule is CC(N)CC(C)N1CC2CCCCN2CC1C. The van der Waals surface area contributed by atoms with Gasteiger partial charge in [0.25, 0.3) is 0 Å². The molecule has 2 saturated heterocycles. The number of nitrogens with two attached hydrogens (primary N) is 1. The van der Waals surface area contributed by atoms with Crippen molar-refractivity contribution in [1.82, 2.24) is 9.80 Å². The molecular formula is C14H29N3. The number of hydrogen-bond acceptors (Lipinski definition) is 3. The van der Waals surface area contributed by atoms with Crippen LogP contribution in [0.1, 0.15) is 46.5 Å². The minimum atomic E-state index is 0.321. The molecule has 0 saturated carbocycles. The first-order valence-electron chi connectivity index (χ1n) is 7.33. The third kappa shape index (κ3) is 3.21. The van der Waals surface area contributed by atoms with Gasteiger partial charge in [0.1, 0.15) is 0 Å². The smallest absolute Gasteiger partial charge is 0.0224 e. The van der Waals surface area contributed by atoms with Crippen molar-refractivity contribution in [2.75, 3.05) is 19.6 Å². The molecule has 2 N–H and O–H groups in total. The van der Waals surface area contributed by atoms with Crippen molar-refractivity contribution in [3.8, 4) is 0 Å². The van der Waals surface area contributed by atoms with Crippen LogP contribution in [0.5, 0.6) is 0 Å². The summed E-state index contributed by atoms with van der Waals surface area (Å²) in [4.78, 5) is 5.40. The molecule has 3 nitrogen and oxygen atoms in total. The maximum atomic E-state index is 5.94. The lowest BCUT2D eigenvalue weighted by molar-refractivity contribution is -0.00656. The van der Waals surface area contributed by atoms with Gasteiger partial charge in [-0.15, -0.1) is 0 Å². The van der Waals surface area contributed by atoms with Gasteiger partial charge < -0.3 is 5.73 Å². The zero-order valence-corrected chi connectivity index (χ0v) is 11.7. The van der Waals surface area contributed by atoms with Crippen LogP contribution < -0.4 is 5.73 Å². The fraction of sp³-hybridized carbons (Fsp3) is 1.00. The molecule has 2 aliphatic rings. The summed E-state index contributed by atoms with van der Waals surface area (Å²) in [5.41, 5.74) is 5.94. The van der Waals surface area contributed by atoms with E-state index in [2.05, 4.69) is 30.6 Å². The predicted octanol–water partition coefficient (Wildman–Crippen LogP) is 1.67. The molecule has 0 aliphatic carbocycles. The average Bonchev–Trinajstić information content (AvgIpc) is 2.27. The molecule has 0 amide bonds. The number of nitrogens with zero attached hydrogens (tertiary/aromatic N) is 2. The molecule has 2 aliphatic heterocycles. The minimum absolute atomic E-state index is 0.321. The molecule has 2 fully saturated rings. The summed E-state index contributed by atoms with van der Waals surface area (Å²) in [5.74, 6) is 0. The first-order valence-corrected chi connectivity index (χ1v) is 7.33. The van der Waals surface area contributed by atoms with Gasteiger partial charge in [-0.1, -0.05) is 6.42 Å². The number of rotatable bonds is 3. The van der Waals surface area contributed by atoms with E-state index in [1.54, 1.807) is 0 Å². The van der Waals surface area contributed by atoms with Crippen molar-refractivity contribution in [2.24, 2.45) is 5.73 Å². The van der Waals surface area contributed by atoms with Gasteiger partial charge in [0.05, 0.1) is 0 Å². The van der Waals surface area contributed by atoms with E-state index in [0.29, 0.717) is 18.1 Å². The Balaban J connectivity index is 1.94. The Morgan fingerprint density at radius 1 is 1.24 bits per heavy atom. The molecule has 2 heterocycles. The monoisotopic (exact) mass is 239 g/mol. The van der Waals surface area contributed by atoms with E-state index in [0.717, 1.165) is 12.5 Å². The quantitative estimate of drug-likeness (QED) is 0.813. The first-order chi connectivity index (χ1) is 8.08. The summed E-state index contributed by atoms with van der Waals surface area (Å²) < 4.78 is 0. The summed E-state index contributed by atoms with van der Waals surface area (Å²) in [6, 6.07) is 2.46. The molecule has 0 aromatic carbocycles. The summed E-state index contributed by atoms with van der Waals surface area (Å²) in [6.45, 7) is 10.7. The van der Waals surface area contributed by atoms with Gasteiger partial charge in [0, 0.05) is 37.3 Å². The van der Waals surface area contributed by atoms with E-state index in [4.69, 9.17) is 5.73 Å². The van der Waals surface area contributed by atoms with Gasteiger partial charge in [-0.25, -0.2) is 0 Å². The van der Waals surface area contributed by atoms with Crippen LogP contribution in [-0.4, -0.2) is 53.6 Å². The van der Waals surface area contributed by atoms with Crippen LogP contribution in [0, 0.1) is 0 Å². The van der Waals surface area contributed by atoms with Crippen molar-refractivity contribution in [2.45, 2.75) is 70.6 Å². The highest BCUT2D eigenvalue weighted by molar-refractivity contribution is 4.91. The van der Waals surface area contributed by atoms with Gasteiger partial charge in [0.15, 0.2) is 0 Å². The summed E-state index contributed by atoms with van der Waals surface area (Å²) in [5, 5.41) is 0. The molecule has 2 rings (SSSR count). The molecule has 0 bridgehead atoms. The van der Waals surface area contributed by atoms with Crippen molar-refractivity contribution in [3.05, 3.63) is 0 Å². The normalized spacial score (nSPS) is 35.3. The van der Waals surface area contributed by atoms with Crippen LogP contribution in [0.4, 0.5) is 0 Å². The van der Waals surface area contributed by atoms with Crippen molar-refractivity contribution in [1.29, 1.82) is 0 Å². The zero-order valence-electron chi connectivity index (χ0n) is 11.7. The van der Waals surface area contributed by atoms with Crippen molar-refractivity contribution < 1.29 is 0 Å². The molecule has 17 heavy (non-hydrogen) atoms. The third-order valence-corrected chi connectivity index (χ3v) is 4.51. The topological polar surface area (TPSA) is 32.5 Å². The van der Waals surface area contributed by atoms with Crippen LogP contribution in [0.25, 0.3) is 0 Å². The number of piperazine rings is 1. The van der Waals surface area contributed by atoms with Crippen LogP contribution in [0.15, 0.2) is 0 Å². The van der Waals surface area contributed by atoms with Crippen LogP contribution >= 0.6 is 0 Å². The Morgan fingerprint density at radius 2 is 2.00 bits per heavy atom. The first kappa shape index (κ1) is 13.3. The highest BCUT2D eigenvalue weighted by Gasteiger charge is 2.34. The van der Waals surface area contributed by atoms with Gasteiger partial charge in [-0.3, -0.25) is 9.80 Å². The van der Waals surface area contributed by atoms with Gasteiger partial charge in [-0.2, -0.15) is 0 Å². The minimum Gasteiger partial charge on any atom is -0.328 e. The Kier molecular flexibility index (Phi) is 4.45. The molecule has 4 atom stereocenters. The summed E-state index contributed by atoms with van der Waals surface area (Å²) in [7, 11) is 0. The fourth-order valence-corrected chi connectivity index (χ4v) is 3.66. The van der Waals surface area contributed by atoms with Gasteiger partial charge >= 0.3 is 0 Å². The lowest BCUT2D eigenvalue weighted by atomic mass is 9.95. The Morgan fingerprint density at radius 3 is 2.71 bits per heavy atom. The second-order valence-corrected chi connectivity index (χ2v) is 6.25. The Hall–Kier alpha value is -0.120. The maximum Gasteiger partial charge on any atom is 0.0224 e. The molecule has 100 valence electrons. The molecule has 0 aromatic heterocycles. The highest BCUT2D eigenvalue weighted by atomic mass is 15.3. The molecule has 4 unspecified atom stereocenters. The van der Waals surface area contributed by atoms with E-state index in [1.165, 1.54) is 38.9 Å². The van der Waals surface area contributed by atoms with E-state index in [1.807, 2.05) is 0 Å². The second-order valence-electron chi connectivity index (χ2n) is 6.25. The molecular weight excluding hydrogens is 210 g/mol. The van der Waals surface area contributed by atoms with E-state index in [9.17, 15) is 0 Å². The number of fused-ring (bicyclic) bond motifs is 1. The van der Waals surface area contributed by atoms with E-state index < -0.39 is 0 Å². The summed E-state index contributed by atoms with van der Waals surface area (Å²) >= 11 is 0. The van der Waals surface area contributed by atoms with Crippen LogP contribution in [0.2, 0.25) is 0 Å². The fourth-order valence-electron chi connectivity index (χ4n) is 3.66. The Bertz CT molecular complexity index is 242. The van der Waals surface area contributed by atoms with Gasteiger partial charge in [-0.05, 0) is 46.6 Å². The largest absolute Gasteiger partial charge is 0.328 e. The average molecular weight is 239 g/mol. The second kappa shape index (κ2) is 5.68. The number of piperidine rings is 1. The predicted molar refractivity (Wildman–Crippen MR) is 73.1 cm³/mol. The standard InChI is InChI=1S/C14H29N3/c1-11(15)8-12(2)17-10-14-6-4-5-7-16(14)9-13(17)3/h11-14H,4-10,15H2,1-3H3. The zero-order chi connectivity index (χ0) is 12.4. The van der Waals surface area contributed by atoms with Crippen LogP contribution in [-0.2, 0) is 0 Å². The van der Waals surface area contributed by atoms with E-state index >= 15 is 0 Å². The molecule has 0 radical (unpaired) electrons. The highest BCUT2D eigenvalue weighted by Crippen LogP contribution is 2.26. The molecule has 0 aromatic rings.